The molecule has 1 atom stereocenters. The highest BCUT2D eigenvalue weighted by Gasteiger charge is 2.26. The molecule has 2 amide bonds. The van der Waals surface area contributed by atoms with Crippen LogP contribution in [0.25, 0.3) is 10.8 Å². The van der Waals surface area contributed by atoms with Gasteiger partial charge in [0.05, 0.1) is 13.2 Å². The van der Waals surface area contributed by atoms with Gasteiger partial charge >= 0.3 is 0 Å². The number of methoxy groups -OCH3 is 1. The van der Waals surface area contributed by atoms with Crippen LogP contribution in [0.15, 0.2) is 60.8 Å². The maximum Gasteiger partial charge on any atom is 0.254 e. The molecule has 0 aliphatic rings. The van der Waals surface area contributed by atoms with E-state index in [2.05, 4.69) is 0 Å². The van der Waals surface area contributed by atoms with Gasteiger partial charge in [0.15, 0.2) is 0 Å². The standard InChI is InChI=1S/C26H33N3O3/c1-5-20(2)29(26(31)23-13-12-21-9-6-7-10-22(21)17-23)19-25(30)28(15-16-32-4)18-24-11-8-14-27(24)3/h6-14,17,20H,5,15-16,18-19H2,1-4H3. The van der Waals surface area contributed by atoms with Gasteiger partial charge in [-0.2, -0.15) is 0 Å². The molecule has 1 aromatic heterocycles. The van der Waals surface area contributed by atoms with Crippen LogP contribution in [0.5, 0.6) is 0 Å². The SMILES string of the molecule is CCC(C)N(CC(=O)N(CCOC)Cc1cccn1C)C(=O)c1ccc2ccccc2c1. The Morgan fingerprint density at radius 2 is 1.81 bits per heavy atom. The topological polar surface area (TPSA) is 54.8 Å². The van der Waals surface area contributed by atoms with E-state index in [1.165, 1.54) is 0 Å². The molecule has 0 aliphatic heterocycles. The number of carbonyl (C=O) groups is 2. The lowest BCUT2D eigenvalue weighted by atomic mass is 10.1. The maximum atomic E-state index is 13.5. The van der Waals surface area contributed by atoms with E-state index in [4.69, 9.17) is 4.74 Å². The Morgan fingerprint density at radius 1 is 1.06 bits per heavy atom. The zero-order valence-electron chi connectivity index (χ0n) is 19.5. The predicted octanol–water partition coefficient (Wildman–Crippen LogP) is 4.09. The third kappa shape index (κ3) is 5.56. The number of rotatable bonds is 10. The summed E-state index contributed by atoms with van der Waals surface area (Å²) in [6.07, 6.45) is 2.73. The van der Waals surface area contributed by atoms with Gasteiger partial charge in [-0.05, 0) is 48.4 Å². The molecular weight excluding hydrogens is 402 g/mol. The average Bonchev–Trinajstić information content (AvgIpc) is 3.22. The Morgan fingerprint density at radius 3 is 2.47 bits per heavy atom. The van der Waals surface area contributed by atoms with Gasteiger partial charge in [0, 0.05) is 44.2 Å². The second-order valence-electron chi connectivity index (χ2n) is 8.17. The second-order valence-corrected chi connectivity index (χ2v) is 8.17. The van der Waals surface area contributed by atoms with Crippen molar-refractivity contribution in [3.8, 4) is 0 Å². The number of aryl methyl sites for hydroxylation is 1. The lowest BCUT2D eigenvalue weighted by molar-refractivity contribution is -0.133. The molecule has 0 saturated carbocycles. The molecule has 3 aromatic rings. The summed E-state index contributed by atoms with van der Waals surface area (Å²) in [5.74, 6) is -0.207. The monoisotopic (exact) mass is 435 g/mol. The fourth-order valence-corrected chi connectivity index (χ4v) is 3.73. The lowest BCUT2D eigenvalue weighted by Crippen LogP contribution is -2.47. The minimum Gasteiger partial charge on any atom is -0.383 e. The second kappa shape index (κ2) is 11.0. The van der Waals surface area contributed by atoms with E-state index in [9.17, 15) is 9.59 Å². The van der Waals surface area contributed by atoms with Gasteiger partial charge in [-0.25, -0.2) is 0 Å². The summed E-state index contributed by atoms with van der Waals surface area (Å²) in [6.45, 7) is 5.45. The summed E-state index contributed by atoms with van der Waals surface area (Å²) in [6, 6.07) is 17.6. The van der Waals surface area contributed by atoms with Crippen molar-refractivity contribution in [2.75, 3.05) is 26.8 Å². The van der Waals surface area contributed by atoms with Crippen molar-refractivity contribution in [3.63, 3.8) is 0 Å². The molecule has 6 nitrogen and oxygen atoms in total. The molecule has 0 bridgehead atoms. The van der Waals surface area contributed by atoms with E-state index in [0.717, 1.165) is 22.9 Å². The third-order valence-corrected chi connectivity index (χ3v) is 6.01. The van der Waals surface area contributed by atoms with Crippen LogP contribution in [0.3, 0.4) is 0 Å². The lowest BCUT2D eigenvalue weighted by Gasteiger charge is -2.31. The fraction of sp³-hybridized carbons (Fsp3) is 0.385. The van der Waals surface area contributed by atoms with Gasteiger partial charge in [-0.1, -0.05) is 37.3 Å². The Balaban J connectivity index is 1.82. The zero-order valence-corrected chi connectivity index (χ0v) is 19.5. The van der Waals surface area contributed by atoms with Crippen LogP contribution in [0.4, 0.5) is 0 Å². The predicted molar refractivity (Wildman–Crippen MR) is 127 cm³/mol. The van der Waals surface area contributed by atoms with Crippen molar-refractivity contribution in [2.45, 2.75) is 32.9 Å². The molecule has 0 N–H and O–H groups in total. The van der Waals surface area contributed by atoms with E-state index < -0.39 is 0 Å². The van der Waals surface area contributed by atoms with Crippen LogP contribution in [0, 0.1) is 0 Å². The van der Waals surface area contributed by atoms with E-state index in [1.54, 1.807) is 16.9 Å². The number of benzene rings is 2. The van der Waals surface area contributed by atoms with Crippen LogP contribution < -0.4 is 0 Å². The molecule has 0 fully saturated rings. The summed E-state index contributed by atoms with van der Waals surface area (Å²) in [5, 5.41) is 2.10. The quantitative estimate of drug-likeness (QED) is 0.482. The van der Waals surface area contributed by atoms with Crippen LogP contribution in [0.1, 0.15) is 36.3 Å². The number of hydrogen-bond acceptors (Lipinski definition) is 3. The third-order valence-electron chi connectivity index (χ3n) is 6.01. The Bertz CT molecular complexity index is 1060. The summed E-state index contributed by atoms with van der Waals surface area (Å²) in [5.41, 5.74) is 1.63. The van der Waals surface area contributed by atoms with Gasteiger partial charge in [-0.15, -0.1) is 0 Å². The van der Waals surface area contributed by atoms with Gasteiger partial charge in [0.2, 0.25) is 5.91 Å². The van der Waals surface area contributed by atoms with Gasteiger partial charge < -0.3 is 19.1 Å². The van der Waals surface area contributed by atoms with Gasteiger partial charge in [0.25, 0.3) is 5.91 Å². The van der Waals surface area contributed by atoms with Crippen molar-refractivity contribution < 1.29 is 14.3 Å². The number of ether oxygens (including phenoxy) is 1. The van der Waals surface area contributed by atoms with E-state index in [0.29, 0.717) is 25.3 Å². The van der Waals surface area contributed by atoms with Crippen LogP contribution >= 0.6 is 0 Å². The first-order chi connectivity index (χ1) is 15.4. The highest BCUT2D eigenvalue weighted by Crippen LogP contribution is 2.19. The molecule has 0 spiro atoms. The average molecular weight is 436 g/mol. The zero-order chi connectivity index (χ0) is 23.1. The van der Waals surface area contributed by atoms with Crippen LogP contribution in [0.2, 0.25) is 0 Å². The maximum absolute atomic E-state index is 13.5. The molecule has 6 heteroatoms. The summed E-state index contributed by atoms with van der Waals surface area (Å²) in [7, 11) is 3.59. The van der Waals surface area contributed by atoms with Crippen molar-refractivity contribution in [2.24, 2.45) is 7.05 Å². The molecule has 0 saturated heterocycles. The largest absolute Gasteiger partial charge is 0.383 e. The van der Waals surface area contributed by atoms with E-state index in [1.807, 2.05) is 86.3 Å². The molecular formula is C26H33N3O3. The number of hydrogen-bond donors (Lipinski definition) is 0. The fourth-order valence-electron chi connectivity index (χ4n) is 3.73. The van der Waals surface area contributed by atoms with E-state index >= 15 is 0 Å². The smallest absolute Gasteiger partial charge is 0.254 e. The van der Waals surface area contributed by atoms with Crippen LogP contribution in [-0.2, 0) is 23.1 Å². The Labute approximate surface area is 190 Å². The van der Waals surface area contributed by atoms with Crippen molar-refractivity contribution in [1.82, 2.24) is 14.4 Å². The first kappa shape index (κ1) is 23.5. The summed E-state index contributed by atoms with van der Waals surface area (Å²) >= 11 is 0. The summed E-state index contributed by atoms with van der Waals surface area (Å²) < 4.78 is 7.22. The highest BCUT2D eigenvalue weighted by molar-refractivity contribution is 6.00. The molecule has 3 rings (SSSR count). The molecule has 0 aliphatic carbocycles. The number of nitrogens with zero attached hydrogens (tertiary/aromatic N) is 3. The molecule has 32 heavy (non-hydrogen) atoms. The molecule has 170 valence electrons. The van der Waals surface area contributed by atoms with Crippen molar-refractivity contribution in [1.29, 1.82) is 0 Å². The molecule has 1 heterocycles. The Hall–Kier alpha value is -3.12. The number of amides is 2. The number of fused-ring (bicyclic) bond motifs is 1. The van der Waals surface area contributed by atoms with Crippen LogP contribution in [-0.4, -0.2) is 59.0 Å². The van der Waals surface area contributed by atoms with Gasteiger partial charge in [-0.3, -0.25) is 9.59 Å². The van der Waals surface area contributed by atoms with Gasteiger partial charge in [0.1, 0.15) is 6.54 Å². The normalized spacial score (nSPS) is 12.0. The molecule has 1 unspecified atom stereocenters. The minimum atomic E-state index is -0.121. The number of carbonyl (C=O) groups excluding carboxylic acids is 2. The van der Waals surface area contributed by atoms with Crippen molar-refractivity contribution in [3.05, 3.63) is 72.1 Å². The van der Waals surface area contributed by atoms with E-state index in [-0.39, 0.29) is 24.4 Å². The summed E-state index contributed by atoms with van der Waals surface area (Å²) in [4.78, 5) is 30.2. The highest BCUT2D eigenvalue weighted by atomic mass is 16.5. The molecule has 2 aromatic carbocycles. The first-order valence-corrected chi connectivity index (χ1v) is 11.1. The first-order valence-electron chi connectivity index (χ1n) is 11.1. The van der Waals surface area contributed by atoms with Crippen molar-refractivity contribution >= 4 is 22.6 Å². The Kier molecular flexibility index (Phi) is 8.06. The molecule has 0 radical (unpaired) electrons. The number of aromatic nitrogens is 1. The minimum absolute atomic E-state index is 0.0365.